The average molecular weight is 401 g/mol. The summed E-state index contributed by atoms with van der Waals surface area (Å²) in [5, 5.41) is 4.47. The van der Waals surface area contributed by atoms with Gasteiger partial charge in [0.05, 0.1) is 6.54 Å². The molecule has 0 aliphatic carbocycles. The van der Waals surface area contributed by atoms with Gasteiger partial charge >= 0.3 is 5.69 Å². The second-order valence-electron chi connectivity index (χ2n) is 7.84. The molecule has 1 N–H and O–H groups in total. The predicted octanol–water partition coefficient (Wildman–Crippen LogP) is 0.0217. The van der Waals surface area contributed by atoms with Crippen molar-refractivity contribution < 1.29 is 8.42 Å². The lowest BCUT2D eigenvalue weighted by atomic mass is 10.1. The van der Waals surface area contributed by atoms with Crippen molar-refractivity contribution in [2.75, 3.05) is 33.7 Å². The van der Waals surface area contributed by atoms with Crippen molar-refractivity contribution in [1.29, 1.82) is 0 Å². The minimum absolute atomic E-state index is 0.0946. The summed E-state index contributed by atoms with van der Waals surface area (Å²) in [7, 11) is 0.466. The molecular formula is C17H32N6O3S. The maximum Gasteiger partial charge on any atom is 0.345 e. The third-order valence-corrected chi connectivity index (χ3v) is 7.07. The van der Waals surface area contributed by atoms with E-state index in [1.165, 1.54) is 4.68 Å². The van der Waals surface area contributed by atoms with Gasteiger partial charge in [-0.15, -0.1) is 0 Å². The Labute approximate surface area is 161 Å². The third kappa shape index (κ3) is 5.18. The van der Waals surface area contributed by atoms with Gasteiger partial charge in [0, 0.05) is 38.6 Å². The number of rotatable bonds is 6. The molecule has 9 nitrogen and oxygen atoms in total. The first-order valence-electron chi connectivity index (χ1n) is 9.95. The lowest BCUT2D eigenvalue weighted by molar-refractivity contribution is 0.366. The Bertz CT molecular complexity index is 777. The maximum absolute atomic E-state index is 12.7. The van der Waals surface area contributed by atoms with E-state index in [1.54, 1.807) is 8.87 Å². The fourth-order valence-corrected chi connectivity index (χ4v) is 5.30. The maximum atomic E-state index is 12.7. The van der Waals surface area contributed by atoms with E-state index < -0.39 is 10.2 Å². The van der Waals surface area contributed by atoms with Crippen LogP contribution in [0.5, 0.6) is 0 Å². The fraction of sp³-hybridized carbons (Fsp3) is 0.882. The van der Waals surface area contributed by atoms with Crippen LogP contribution in [0.25, 0.3) is 0 Å². The standard InChI is InChI=1S/C17H32N6O3S/c1-20(2)13-14-23-17(24)22-12-9-15(7-8-16(22)18-23)19-27(25,26)21-10-5-3-4-6-11-21/h15,19H,3-14H2,1-2H3. The molecule has 0 radical (unpaired) electrons. The van der Waals surface area contributed by atoms with E-state index in [-0.39, 0.29) is 11.7 Å². The van der Waals surface area contributed by atoms with Crippen molar-refractivity contribution in [3.05, 3.63) is 16.3 Å². The molecule has 3 heterocycles. The zero-order chi connectivity index (χ0) is 19.4. The molecule has 0 aromatic carbocycles. The quantitative estimate of drug-likeness (QED) is 0.727. The number of likely N-dealkylation sites (N-methyl/N-ethyl adjacent to an activating group) is 1. The highest BCUT2D eigenvalue weighted by Gasteiger charge is 2.28. The van der Waals surface area contributed by atoms with E-state index >= 15 is 0 Å². The molecule has 2 aliphatic rings. The van der Waals surface area contributed by atoms with Crippen LogP contribution in [0.15, 0.2) is 4.79 Å². The first kappa shape index (κ1) is 20.5. The van der Waals surface area contributed by atoms with Crippen LogP contribution in [0.2, 0.25) is 0 Å². The molecular weight excluding hydrogens is 368 g/mol. The zero-order valence-corrected chi connectivity index (χ0v) is 17.2. The minimum atomic E-state index is -3.46. The van der Waals surface area contributed by atoms with Crippen LogP contribution in [0.1, 0.15) is 44.3 Å². The Balaban J connectivity index is 1.62. The van der Waals surface area contributed by atoms with Crippen molar-refractivity contribution in [3.63, 3.8) is 0 Å². The highest BCUT2D eigenvalue weighted by atomic mass is 32.2. The molecule has 1 fully saturated rings. The second kappa shape index (κ2) is 8.85. The number of hydrogen-bond acceptors (Lipinski definition) is 5. The van der Waals surface area contributed by atoms with E-state index in [2.05, 4.69) is 9.82 Å². The number of aryl methyl sites for hydroxylation is 1. The molecule has 10 heteroatoms. The van der Waals surface area contributed by atoms with Crippen LogP contribution in [-0.4, -0.2) is 71.7 Å². The normalized spacial score (nSPS) is 22.4. The van der Waals surface area contributed by atoms with Gasteiger partial charge in [-0.2, -0.15) is 22.5 Å². The fourth-order valence-electron chi connectivity index (χ4n) is 3.75. The minimum Gasteiger partial charge on any atom is -0.308 e. The first-order chi connectivity index (χ1) is 12.9. The Morgan fingerprint density at radius 2 is 1.81 bits per heavy atom. The van der Waals surface area contributed by atoms with Crippen LogP contribution in [0.3, 0.4) is 0 Å². The summed E-state index contributed by atoms with van der Waals surface area (Å²) in [5.74, 6) is 0.759. The second-order valence-corrected chi connectivity index (χ2v) is 9.54. The van der Waals surface area contributed by atoms with Crippen molar-refractivity contribution >= 4 is 10.2 Å². The molecule has 1 aromatic heterocycles. The Morgan fingerprint density at radius 1 is 1.11 bits per heavy atom. The predicted molar refractivity (Wildman–Crippen MR) is 104 cm³/mol. The molecule has 1 aromatic rings. The number of nitrogens with zero attached hydrogens (tertiary/aromatic N) is 5. The summed E-state index contributed by atoms with van der Waals surface area (Å²) < 4.78 is 33.1. The molecule has 1 saturated heterocycles. The van der Waals surface area contributed by atoms with Gasteiger partial charge in [-0.1, -0.05) is 12.8 Å². The average Bonchev–Trinajstić information content (AvgIpc) is 2.85. The SMILES string of the molecule is CN(C)CCn1nc2n(c1=O)CCC(NS(=O)(=O)N1CCCCCC1)CC2. The third-order valence-electron chi connectivity index (χ3n) is 5.40. The molecule has 0 spiro atoms. The summed E-state index contributed by atoms with van der Waals surface area (Å²) in [6.07, 6.45) is 5.92. The zero-order valence-electron chi connectivity index (χ0n) is 16.4. The number of hydrogen-bond donors (Lipinski definition) is 1. The monoisotopic (exact) mass is 400 g/mol. The number of fused-ring (bicyclic) bond motifs is 1. The highest BCUT2D eigenvalue weighted by Crippen LogP contribution is 2.16. The van der Waals surface area contributed by atoms with E-state index in [1.807, 2.05) is 19.0 Å². The van der Waals surface area contributed by atoms with Gasteiger partial charge < -0.3 is 4.90 Å². The molecule has 0 saturated carbocycles. The van der Waals surface area contributed by atoms with Gasteiger partial charge in [0.15, 0.2) is 0 Å². The van der Waals surface area contributed by atoms with Crippen LogP contribution in [-0.2, 0) is 29.7 Å². The van der Waals surface area contributed by atoms with Gasteiger partial charge in [-0.25, -0.2) is 9.48 Å². The molecule has 1 atom stereocenters. The topological polar surface area (TPSA) is 92.5 Å². The Hall–Kier alpha value is -1.23. The van der Waals surface area contributed by atoms with E-state index in [4.69, 9.17) is 0 Å². The lowest BCUT2D eigenvalue weighted by Gasteiger charge is -2.24. The van der Waals surface area contributed by atoms with E-state index in [0.717, 1.165) is 38.1 Å². The Morgan fingerprint density at radius 3 is 2.48 bits per heavy atom. The van der Waals surface area contributed by atoms with Gasteiger partial charge in [0.2, 0.25) is 0 Å². The lowest BCUT2D eigenvalue weighted by Crippen LogP contribution is -2.46. The van der Waals surface area contributed by atoms with Crippen LogP contribution in [0.4, 0.5) is 0 Å². The number of nitrogens with one attached hydrogen (secondary N) is 1. The van der Waals surface area contributed by atoms with Crippen LogP contribution >= 0.6 is 0 Å². The van der Waals surface area contributed by atoms with Gasteiger partial charge in [-0.05, 0) is 39.8 Å². The summed E-state index contributed by atoms with van der Waals surface area (Å²) in [6.45, 7) is 3.02. The summed E-state index contributed by atoms with van der Waals surface area (Å²) in [4.78, 5) is 14.6. The molecule has 3 rings (SSSR count). The Kier molecular flexibility index (Phi) is 6.72. The van der Waals surface area contributed by atoms with Gasteiger partial charge in [0.1, 0.15) is 5.82 Å². The van der Waals surface area contributed by atoms with Crippen LogP contribution < -0.4 is 10.4 Å². The van der Waals surface area contributed by atoms with E-state index in [0.29, 0.717) is 45.4 Å². The van der Waals surface area contributed by atoms with Crippen molar-refractivity contribution in [3.8, 4) is 0 Å². The first-order valence-corrected chi connectivity index (χ1v) is 11.4. The van der Waals surface area contributed by atoms with Crippen molar-refractivity contribution in [2.45, 2.75) is 64.1 Å². The highest BCUT2D eigenvalue weighted by molar-refractivity contribution is 7.87. The van der Waals surface area contributed by atoms with Gasteiger partial charge in [0.25, 0.3) is 10.2 Å². The van der Waals surface area contributed by atoms with Crippen LogP contribution in [0, 0.1) is 0 Å². The van der Waals surface area contributed by atoms with Gasteiger partial charge in [-0.3, -0.25) is 4.57 Å². The molecule has 27 heavy (non-hydrogen) atoms. The molecule has 1 unspecified atom stereocenters. The number of aromatic nitrogens is 3. The van der Waals surface area contributed by atoms with Crippen molar-refractivity contribution in [1.82, 2.24) is 28.3 Å². The molecule has 154 valence electrons. The van der Waals surface area contributed by atoms with Crippen molar-refractivity contribution in [2.24, 2.45) is 0 Å². The molecule has 0 amide bonds. The summed E-state index contributed by atoms with van der Waals surface area (Å²) in [5.41, 5.74) is -0.0946. The molecule has 2 aliphatic heterocycles. The summed E-state index contributed by atoms with van der Waals surface area (Å²) >= 11 is 0. The molecule has 0 bridgehead atoms. The van der Waals surface area contributed by atoms with E-state index in [9.17, 15) is 13.2 Å². The largest absolute Gasteiger partial charge is 0.345 e. The smallest absolute Gasteiger partial charge is 0.308 e. The summed E-state index contributed by atoms with van der Waals surface area (Å²) in [6, 6.07) is -0.158.